The number of aromatic nitrogens is 2. The molecule has 216 valence electrons. The van der Waals surface area contributed by atoms with Gasteiger partial charge in [0.05, 0.1) is 5.56 Å². The van der Waals surface area contributed by atoms with E-state index in [2.05, 4.69) is 72.7 Å². The molecule has 2 aromatic rings. The predicted molar refractivity (Wildman–Crippen MR) is 158 cm³/mol. The number of rotatable bonds is 8. The number of benzene rings is 1. The van der Waals surface area contributed by atoms with E-state index >= 15 is 0 Å². The Balaban J connectivity index is 2.06. The fourth-order valence-corrected chi connectivity index (χ4v) is 6.41. The SMILES string of the molecule is CC(C)(C)[Si](C)(C)O[C@H]1[C@H](O[Si](C)(C)C(C)(C)C)[C@@H](COC(=O)c2ccccc2)O[C@H]1n1ccc(N)nc1=O. The highest BCUT2D eigenvalue weighted by molar-refractivity contribution is 6.74. The first-order valence-corrected chi connectivity index (χ1v) is 19.2. The van der Waals surface area contributed by atoms with E-state index in [1.165, 1.54) is 4.57 Å². The maximum absolute atomic E-state index is 13.0. The smallest absolute Gasteiger partial charge is 0.351 e. The van der Waals surface area contributed by atoms with Crippen molar-refractivity contribution in [3.05, 3.63) is 58.6 Å². The second-order valence-electron chi connectivity index (χ2n) is 13.3. The highest BCUT2D eigenvalue weighted by Gasteiger charge is 2.54. The Morgan fingerprint density at radius 2 is 1.49 bits per heavy atom. The molecule has 1 fully saturated rings. The monoisotopic (exact) mass is 575 g/mol. The predicted octanol–water partition coefficient (Wildman–Crippen LogP) is 5.36. The van der Waals surface area contributed by atoms with Gasteiger partial charge in [-0.3, -0.25) is 4.57 Å². The number of nitrogen functional groups attached to an aromatic ring is 1. The van der Waals surface area contributed by atoms with Crippen molar-refractivity contribution in [1.82, 2.24) is 9.55 Å². The van der Waals surface area contributed by atoms with Crippen LogP contribution in [0.4, 0.5) is 5.82 Å². The van der Waals surface area contributed by atoms with Crippen molar-refractivity contribution in [2.24, 2.45) is 0 Å². The minimum Gasteiger partial charge on any atom is -0.459 e. The summed E-state index contributed by atoms with van der Waals surface area (Å²) in [5.74, 6) is -0.333. The molecular weight excluding hydrogens is 530 g/mol. The third-order valence-electron chi connectivity index (χ3n) is 8.27. The van der Waals surface area contributed by atoms with Crippen LogP contribution in [0.25, 0.3) is 0 Å². The summed E-state index contributed by atoms with van der Waals surface area (Å²) >= 11 is 0. The highest BCUT2D eigenvalue weighted by atomic mass is 28.4. The molecule has 2 N–H and O–H groups in total. The van der Waals surface area contributed by atoms with E-state index in [4.69, 9.17) is 24.1 Å². The number of nitrogens with two attached hydrogens (primary N) is 1. The summed E-state index contributed by atoms with van der Waals surface area (Å²) in [4.78, 5) is 29.7. The van der Waals surface area contributed by atoms with Crippen LogP contribution in [0.15, 0.2) is 47.4 Å². The summed E-state index contributed by atoms with van der Waals surface area (Å²) in [6.07, 6.45) is -1.16. The minimum absolute atomic E-state index is 0.0575. The van der Waals surface area contributed by atoms with E-state index in [9.17, 15) is 9.59 Å². The van der Waals surface area contributed by atoms with Gasteiger partial charge in [0.2, 0.25) is 0 Å². The van der Waals surface area contributed by atoms with Gasteiger partial charge in [-0.05, 0) is 54.5 Å². The van der Waals surface area contributed by atoms with Crippen molar-refractivity contribution in [2.75, 3.05) is 12.3 Å². The molecular formula is C28H45N3O6Si2. The molecule has 1 aromatic carbocycles. The van der Waals surface area contributed by atoms with Crippen molar-refractivity contribution in [1.29, 1.82) is 0 Å². The molecule has 2 heterocycles. The fourth-order valence-electron chi connectivity index (χ4n) is 3.80. The molecule has 0 amide bonds. The average Bonchev–Trinajstić information content (AvgIpc) is 3.12. The lowest BCUT2D eigenvalue weighted by Crippen LogP contribution is -2.54. The second-order valence-corrected chi connectivity index (χ2v) is 22.8. The van der Waals surface area contributed by atoms with Crippen LogP contribution in [-0.2, 0) is 18.3 Å². The van der Waals surface area contributed by atoms with Crippen LogP contribution in [0, 0.1) is 0 Å². The van der Waals surface area contributed by atoms with Crippen molar-refractivity contribution in [3.63, 3.8) is 0 Å². The van der Waals surface area contributed by atoms with Crippen LogP contribution in [-0.4, -0.2) is 57.1 Å². The Bertz CT molecular complexity index is 1200. The topological polar surface area (TPSA) is 115 Å². The lowest BCUT2D eigenvalue weighted by Gasteiger charge is -2.44. The Labute approximate surface area is 234 Å². The number of esters is 1. The third-order valence-corrected chi connectivity index (χ3v) is 17.2. The van der Waals surface area contributed by atoms with E-state index in [0.29, 0.717) is 5.56 Å². The number of hydrogen-bond acceptors (Lipinski definition) is 8. The Hall–Kier alpha value is -2.32. The van der Waals surface area contributed by atoms with Gasteiger partial charge in [-0.2, -0.15) is 4.98 Å². The molecule has 4 atom stereocenters. The molecule has 0 radical (unpaired) electrons. The first kappa shape index (κ1) is 31.2. The van der Waals surface area contributed by atoms with E-state index in [1.807, 2.05) is 6.07 Å². The van der Waals surface area contributed by atoms with Gasteiger partial charge in [0.15, 0.2) is 22.9 Å². The standard InChI is InChI=1S/C28H45N3O6Si2/c1-27(2,3)38(7,8)36-22-20(18-34-25(32)19-14-12-11-13-15-19)35-24(31-17-16-21(29)30-26(31)33)23(22)37-39(9,10)28(4,5)6/h11-17,20,22-24H,18H2,1-10H3,(H2,29,30,33)/t20-,22-,23+,24-/m1/s1. The third kappa shape index (κ3) is 7.07. The molecule has 0 spiro atoms. The summed E-state index contributed by atoms with van der Waals surface area (Å²) < 4.78 is 27.5. The van der Waals surface area contributed by atoms with Crippen LogP contribution in [0.2, 0.25) is 36.3 Å². The second kappa shape index (κ2) is 11.3. The van der Waals surface area contributed by atoms with Crippen LogP contribution in [0.1, 0.15) is 58.1 Å². The number of ether oxygens (including phenoxy) is 2. The number of carbonyl (C=O) groups is 1. The summed E-state index contributed by atoms with van der Waals surface area (Å²) in [5.41, 5.74) is 5.68. The fraction of sp³-hybridized carbons (Fsp3) is 0.607. The van der Waals surface area contributed by atoms with Crippen molar-refractivity contribution >= 4 is 28.4 Å². The molecule has 1 aliphatic rings. The highest BCUT2D eigenvalue weighted by Crippen LogP contribution is 2.45. The summed E-state index contributed by atoms with van der Waals surface area (Å²) in [5, 5.41) is -0.210. The minimum atomic E-state index is -2.38. The van der Waals surface area contributed by atoms with Gasteiger partial charge in [0.25, 0.3) is 0 Å². The zero-order valence-corrected chi connectivity index (χ0v) is 27.0. The quantitative estimate of drug-likeness (QED) is 0.330. The summed E-state index contributed by atoms with van der Waals surface area (Å²) in [6.45, 7) is 21.5. The van der Waals surface area contributed by atoms with Crippen LogP contribution >= 0.6 is 0 Å². The van der Waals surface area contributed by atoms with Gasteiger partial charge < -0.3 is 24.1 Å². The Kier molecular flexibility index (Phi) is 9.03. The van der Waals surface area contributed by atoms with Gasteiger partial charge in [0, 0.05) is 6.20 Å². The van der Waals surface area contributed by atoms with Gasteiger partial charge in [-0.1, -0.05) is 59.7 Å². The van der Waals surface area contributed by atoms with Gasteiger partial charge >= 0.3 is 11.7 Å². The van der Waals surface area contributed by atoms with Crippen LogP contribution in [0.5, 0.6) is 0 Å². The molecule has 1 saturated heterocycles. The van der Waals surface area contributed by atoms with Gasteiger partial charge in [-0.25, -0.2) is 9.59 Å². The van der Waals surface area contributed by atoms with Crippen LogP contribution < -0.4 is 11.4 Å². The molecule has 3 rings (SSSR count). The largest absolute Gasteiger partial charge is 0.459 e. The van der Waals surface area contributed by atoms with E-state index in [1.54, 1.807) is 36.5 Å². The van der Waals surface area contributed by atoms with Crippen molar-refractivity contribution < 1.29 is 23.1 Å². The molecule has 9 nitrogen and oxygen atoms in total. The lowest BCUT2D eigenvalue weighted by atomic mass is 10.1. The molecule has 0 unspecified atom stereocenters. The zero-order valence-electron chi connectivity index (χ0n) is 25.0. The molecule has 0 bridgehead atoms. The molecule has 0 saturated carbocycles. The van der Waals surface area contributed by atoms with Crippen LogP contribution in [0.3, 0.4) is 0 Å². The first-order valence-electron chi connectivity index (χ1n) is 13.4. The molecule has 0 aliphatic carbocycles. The Morgan fingerprint density at radius 3 is 2.00 bits per heavy atom. The maximum atomic E-state index is 13.0. The van der Waals surface area contributed by atoms with E-state index in [-0.39, 0.29) is 22.5 Å². The molecule has 11 heteroatoms. The van der Waals surface area contributed by atoms with Gasteiger partial charge in [0.1, 0.15) is 30.7 Å². The van der Waals surface area contributed by atoms with Crippen molar-refractivity contribution in [2.45, 2.75) is 102 Å². The number of carbonyl (C=O) groups excluding carboxylic acids is 1. The zero-order chi connectivity index (χ0) is 29.4. The summed E-state index contributed by atoms with van der Waals surface area (Å²) in [7, 11) is -4.73. The molecule has 1 aromatic heterocycles. The number of nitrogens with zero attached hydrogens (tertiary/aromatic N) is 2. The Morgan fingerprint density at radius 1 is 0.949 bits per heavy atom. The normalized spacial score (nSPS) is 22.6. The maximum Gasteiger partial charge on any atom is 0.351 e. The summed E-state index contributed by atoms with van der Waals surface area (Å²) in [6, 6.07) is 10.4. The number of anilines is 1. The van der Waals surface area contributed by atoms with Crippen molar-refractivity contribution in [3.8, 4) is 0 Å². The van der Waals surface area contributed by atoms with E-state index < -0.39 is 52.8 Å². The first-order chi connectivity index (χ1) is 17.8. The number of hydrogen-bond donors (Lipinski definition) is 1. The average molecular weight is 576 g/mol. The molecule has 39 heavy (non-hydrogen) atoms. The molecule has 1 aliphatic heterocycles. The van der Waals surface area contributed by atoms with E-state index in [0.717, 1.165) is 0 Å². The van der Waals surface area contributed by atoms with Gasteiger partial charge in [-0.15, -0.1) is 0 Å². The lowest BCUT2D eigenvalue weighted by molar-refractivity contribution is -0.0580.